The van der Waals surface area contributed by atoms with Gasteiger partial charge in [0.25, 0.3) is 0 Å². The molecule has 0 atom stereocenters. The van der Waals surface area contributed by atoms with Crippen molar-refractivity contribution in [3.05, 3.63) is 64.7 Å². The highest BCUT2D eigenvalue weighted by Gasteiger charge is 2.05. The van der Waals surface area contributed by atoms with E-state index in [4.69, 9.17) is 28.6 Å². The summed E-state index contributed by atoms with van der Waals surface area (Å²) in [5.74, 6) is 0.255. The molecule has 0 aliphatic heterocycles. The predicted octanol–water partition coefficient (Wildman–Crippen LogP) is 4.18. The van der Waals surface area contributed by atoms with Gasteiger partial charge >= 0.3 is 0 Å². The van der Waals surface area contributed by atoms with Crippen LogP contribution in [0.3, 0.4) is 0 Å². The maximum atomic E-state index is 11.9. The van der Waals surface area contributed by atoms with Gasteiger partial charge in [0.05, 0.1) is 12.1 Å². The van der Waals surface area contributed by atoms with E-state index in [0.29, 0.717) is 16.5 Å². The number of carbonyl (C=O) groups excluding carboxylic acids is 1. The van der Waals surface area contributed by atoms with E-state index in [9.17, 15) is 4.79 Å². The quantitative estimate of drug-likeness (QED) is 0.634. The van der Waals surface area contributed by atoms with Crippen LogP contribution in [0.15, 0.2) is 48.5 Å². The summed E-state index contributed by atoms with van der Waals surface area (Å²) < 4.78 is 5.08. The maximum Gasteiger partial charge on any atom is 0.250 e. The van der Waals surface area contributed by atoms with Gasteiger partial charge in [-0.15, -0.1) is 0 Å². The topological polar surface area (TPSA) is 50.4 Å². The molecule has 0 heterocycles. The summed E-state index contributed by atoms with van der Waals surface area (Å²) in [6.07, 6.45) is 3.15. The third-order valence-corrected chi connectivity index (χ3v) is 3.65. The van der Waals surface area contributed by atoms with E-state index >= 15 is 0 Å². The fourth-order valence-electron chi connectivity index (χ4n) is 1.91. The molecule has 2 N–H and O–H groups in total. The second-order valence-corrected chi connectivity index (χ2v) is 5.85. The number of nitrogens with one attached hydrogen (secondary N) is 2. The number of hydrogen-bond donors (Lipinski definition) is 2. The number of rotatable bonds is 4. The molecular weight excluding hydrogens is 344 g/mol. The number of carbonyl (C=O) groups is 1. The van der Waals surface area contributed by atoms with Crippen LogP contribution in [0.4, 0.5) is 5.69 Å². The van der Waals surface area contributed by atoms with Crippen LogP contribution in [0.1, 0.15) is 11.1 Å². The van der Waals surface area contributed by atoms with Gasteiger partial charge < -0.3 is 10.1 Å². The highest BCUT2D eigenvalue weighted by atomic mass is 35.5. The van der Waals surface area contributed by atoms with Crippen LogP contribution in [0, 0.1) is 6.92 Å². The third-order valence-electron chi connectivity index (χ3n) is 3.15. The fourth-order valence-corrected chi connectivity index (χ4v) is 2.39. The summed E-state index contributed by atoms with van der Waals surface area (Å²) in [7, 11) is 1.54. The number of methoxy groups -OCH3 is 1. The average molecular weight is 361 g/mol. The number of hydrogen-bond acceptors (Lipinski definition) is 3. The lowest BCUT2D eigenvalue weighted by Crippen LogP contribution is -2.32. The molecule has 0 bridgehead atoms. The van der Waals surface area contributed by atoms with Crippen molar-refractivity contribution >= 4 is 46.6 Å². The molecule has 2 rings (SSSR count). The molecule has 0 aliphatic rings. The first-order valence-electron chi connectivity index (χ1n) is 7.18. The maximum absolute atomic E-state index is 11.9. The molecule has 0 saturated heterocycles. The number of thiocarbonyl (C=S) groups is 1. The number of aryl methyl sites for hydroxylation is 1. The van der Waals surface area contributed by atoms with E-state index in [1.54, 1.807) is 31.4 Å². The SMILES string of the molecule is COc1ccc(NC(=S)NC(=O)C=Cc2ccc(C)cc2)cc1Cl. The van der Waals surface area contributed by atoms with Gasteiger partial charge in [-0.1, -0.05) is 41.4 Å². The summed E-state index contributed by atoms with van der Waals surface area (Å²) in [6.45, 7) is 2.01. The summed E-state index contributed by atoms with van der Waals surface area (Å²) in [5.41, 5.74) is 2.77. The van der Waals surface area contributed by atoms with Gasteiger partial charge in [0.1, 0.15) is 5.75 Å². The first-order valence-corrected chi connectivity index (χ1v) is 7.97. The molecule has 2 aromatic rings. The minimum atomic E-state index is -0.312. The Morgan fingerprint density at radius 3 is 2.54 bits per heavy atom. The van der Waals surface area contributed by atoms with Gasteiger partial charge in [-0.05, 0) is 49.0 Å². The van der Waals surface area contributed by atoms with Crippen LogP contribution in [0.2, 0.25) is 5.02 Å². The van der Waals surface area contributed by atoms with Crippen LogP contribution in [0.25, 0.3) is 6.08 Å². The zero-order valence-electron chi connectivity index (χ0n) is 13.3. The van der Waals surface area contributed by atoms with Gasteiger partial charge in [0, 0.05) is 11.8 Å². The van der Waals surface area contributed by atoms with Gasteiger partial charge in [-0.3, -0.25) is 10.1 Å². The van der Waals surface area contributed by atoms with E-state index in [0.717, 1.165) is 5.56 Å². The molecule has 2 aromatic carbocycles. The Bertz CT molecular complexity index is 773. The van der Waals surface area contributed by atoms with E-state index in [-0.39, 0.29) is 11.0 Å². The highest BCUT2D eigenvalue weighted by molar-refractivity contribution is 7.80. The molecule has 4 nitrogen and oxygen atoms in total. The molecule has 6 heteroatoms. The highest BCUT2D eigenvalue weighted by Crippen LogP contribution is 2.27. The Hall–Kier alpha value is -2.37. The number of halogens is 1. The minimum absolute atomic E-state index is 0.190. The largest absolute Gasteiger partial charge is 0.495 e. The predicted molar refractivity (Wildman–Crippen MR) is 103 cm³/mol. The number of ether oxygens (including phenoxy) is 1. The Kier molecular flexibility index (Phi) is 6.35. The molecule has 0 aliphatic carbocycles. The van der Waals surface area contributed by atoms with E-state index < -0.39 is 0 Å². The van der Waals surface area contributed by atoms with Gasteiger partial charge in [0.2, 0.25) is 5.91 Å². The first-order chi connectivity index (χ1) is 11.5. The van der Waals surface area contributed by atoms with Crippen LogP contribution >= 0.6 is 23.8 Å². The van der Waals surface area contributed by atoms with Crippen molar-refractivity contribution < 1.29 is 9.53 Å². The smallest absolute Gasteiger partial charge is 0.250 e. The molecule has 124 valence electrons. The molecule has 0 radical (unpaired) electrons. The Morgan fingerprint density at radius 2 is 1.92 bits per heavy atom. The molecule has 0 saturated carbocycles. The summed E-state index contributed by atoms with van der Waals surface area (Å²) in [4.78, 5) is 11.9. The third kappa shape index (κ3) is 5.37. The minimum Gasteiger partial charge on any atom is -0.495 e. The van der Waals surface area contributed by atoms with Crippen molar-refractivity contribution in [1.29, 1.82) is 0 Å². The van der Waals surface area contributed by atoms with Crippen LogP contribution < -0.4 is 15.4 Å². The van der Waals surface area contributed by atoms with Crippen molar-refractivity contribution in [2.45, 2.75) is 6.92 Å². The van der Waals surface area contributed by atoms with Crippen molar-refractivity contribution in [2.75, 3.05) is 12.4 Å². The monoisotopic (exact) mass is 360 g/mol. The number of amides is 1. The second-order valence-electron chi connectivity index (χ2n) is 5.04. The zero-order valence-corrected chi connectivity index (χ0v) is 14.9. The Labute approximate surface area is 151 Å². The molecule has 24 heavy (non-hydrogen) atoms. The zero-order chi connectivity index (χ0) is 17.5. The van der Waals surface area contributed by atoms with Crippen LogP contribution in [-0.2, 0) is 4.79 Å². The number of benzene rings is 2. The van der Waals surface area contributed by atoms with Crippen LogP contribution in [0.5, 0.6) is 5.75 Å². The van der Waals surface area contributed by atoms with Crippen molar-refractivity contribution in [1.82, 2.24) is 5.32 Å². The second kappa shape index (κ2) is 8.47. The standard InChI is InChI=1S/C18H17ClN2O2S/c1-12-3-5-13(6-4-12)7-10-17(22)21-18(24)20-14-8-9-16(23-2)15(19)11-14/h3-11H,1-2H3,(H2,20,21,22,24). The summed E-state index contributed by atoms with van der Waals surface area (Å²) in [6, 6.07) is 13.0. The lowest BCUT2D eigenvalue weighted by Gasteiger charge is -2.10. The molecule has 0 aromatic heterocycles. The lowest BCUT2D eigenvalue weighted by atomic mass is 10.1. The lowest BCUT2D eigenvalue weighted by molar-refractivity contribution is -0.115. The normalized spacial score (nSPS) is 10.5. The van der Waals surface area contributed by atoms with Gasteiger partial charge in [-0.2, -0.15) is 0 Å². The molecule has 1 amide bonds. The van der Waals surface area contributed by atoms with E-state index in [1.165, 1.54) is 11.6 Å². The molecule has 0 spiro atoms. The average Bonchev–Trinajstić information content (AvgIpc) is 2.54. The molecule has 0 fully saturated rings. The Balaban J connectivity index is 1.90. The first kappa shape index (κ1) is 18.0. The molecular formula is C18H17ClN2O2S. The summed E-state index contributed by atoms with van der Waals surface area (Å²) >= 11 is 11.2. The van der Waals surface area contributed by atoms with Gasteiger partial charge in [-0.25, -0.2) is 0 Å². The van der Waals surface area contributed by atoms with Crippen LogP contribution in [-0.4, -0.2) is 18.1 Å². The van der Waals surface area contributed by atoms with E-state index in [2.05, 4.69) is 10.6 Å². The van der Waals surface area contributed by atoms with Gasteiger partial charge in [0.15, 0.2) is 5.11 Å². The number of anilines is 1. The molecule has 0 unspecified atom stereocenters. The van der Waals surface area contributed by atoms with Crippen molar-refractivity contribution in [3.8, 4) is 5.75 Å². The summed E-state index contributed by atoms with van der Waals surface area (Å²) in [5, 5.41) is 6.12. The fraction of sp³-hybridized carbons (Fsp3) is 0.111. The van der Waals surface area contributed by atoms with E-state index in [1.807, 2.05) is 31.2 Å². The van der Waals surface area contributed by atoms with Crippen molar-refractivity contribution in [3.63, 3.8) is 0 Å². The Morgan fingerprint density at radius 1 is 1.21 bits per heavy atom. The van der Waals surface area contributed by atoms with Crippen molar-refractivity contribution in [2.24, 2.45) is 0 Å².